The summed E-state index contributed by atoms with van der Waals surface area (Å²) < 4.78 is 19.3. The minimum absolute atomic E-state index is 0.0566. The molecular formula is C26H36FN5O5. The number of hydrogen-bond donors (Lipinski definition) is 2. The van der Waals surface area contributed by atoms with E-state index in [0.29, 0.717) is 55.7 Å². The van der Waals surface area contributed by atoms with Crippen LogP contribution in [0.1, 0.15) is 30.4 Å². The first-order valence-corrected chi connectivity index (χ1v) is 12.0. The van der Waals surface area contributed by atoms with Crippen LogP contribution in [0.25, 0.3) is 0 Å². The minimum atomic E-state index is -0.987. The van der Waals surface area contributed by atoms with Crippen molar-refractivity contribution >= 4 is 30.2 Å². The van der Waals surface area contributed by atoms with Crippen LogP contribution in [0.2, 0.25) is 0 Å². The molecule has 11 heteroatoms. The average molecular weight is 518 g/mol. The van der Waals surface area contributed by atoms with Crippen molar-refractivity contribution in [1.29, 1.82) is 0 Å². The number of carbonyl (C=O) groups excluding carboxylic acids is 4. The zero-order valence-corrected chi connectivity index (χ0v) is 22.0. The van der Waals surface area contributed by atoms with Gasteiger partial charge in [-0.3, -0.25) is 24.2 Å². The van der Waals surface area contributed by atoms with Crippen molar-refractivity contribution in [2.75, 3.05) is 41.3 Å². The van der Waals surface area contributed by atoms with Gasteiger partial charge in [-0.15, -0.1) is 0 Å². The number of hydrogen-bond acceptors (Lipinski definition) is 8. The van der Waals surface area contributed by atoms with E-state index in [-0.39, 0.29) is 30.4 Å². The van der Waals surface area contributed by atoms with Crippen molar-refractivity contribution in [3.05, 3.63) is 46.9 Å². The van der Waals surface area contributed by atoms with E-state index in [1.807, 2.05) is 26.0 Å². The molecule has 37 heavy (non-hydrogen) atoms. The van der Waals surface area contributed by atoms with Crippen LogP contribution in [0.3, 0.4) is 0 Å². The van der Waals surface area contributed by atoms with Gasteiger partial charge in [0.15, 0.2) is 0 Å². The van der Waals surface area contributed by atoms with E-state index in [4.69, 9.17) is 4.74 Å². The third-order valence-electron chi connectivity index (χ3n) is 6.12. The molecule has 1 aromatic carbocycles. The van der Waals surface area contributed by atoms with Crippen LogP contribution in [0.15, 0.2) is 35.0 Å². The first-order chi connectivity index (χ1) is 17.5. The predicted octanol–water partition coefficient (Wildman–Crippen LogP) is 0.978. The smallest absolute Gasteiger partial charge is 0.287 e. The molecule has 2 bridgehead atoms. The normalized spacial score (nSPS) is 21.0. The van der Waals surface area contributed by atoms with Crippen LogP contribution >= 0.6 is 0 Å². The first kappa shape index (κ1) is 29.8. The number of nitrogens with zero attached hydrogens (tertiary/aromatic N) is 3. The lowest BCUT2D eigenvalue weighted by atomic mass is 9.86. The number of likely N-dealkylation sites (N-methyl/N-ethyl adjacent to an activating group) is 1. The number of amidine groups is 1. The van der Waals surface area contributed by atoms with Gasteiger partial charge in [-0.2, -0.15) is 0 Å². The number of allylic oxidation sites excluding steroid dienone is 1. The van der Waals surface area contributed by atoms with Gasteiger partial charge in [0.05, 0.1) is 12.6 Å². The Balaban J connectivity index is 0.00000112. The summed E-state index contributed by atoms with van der Waals surface area (Å²) in [5.41, 5.74) is 0.105. The van der Waals surface area contributed by atoms with Gasteiger partial charge < -0.3 is 25.2 Å². The number of aldehydes is 2. The number of carbonyl (C=O) groups is 4. The molecule has 0 saturated carbocycles. The Hall–Kier alpha value is -3.44. The highest BCUT2D eigenvalue weighted by Crippen LogP contribution is 2.33. The summed E-state index contributed by atoms with van der Waals surface area (Å²) in [4.78, 5) is 55.5. The Labute approximate surface area is 216 Å². The van der Waals surface area contributed by atoms with E-state index in [1.165, 1.54) is 18.0 Å². The lowest BCUT2D eigenvalue weighted by molar-refractivity contribution is -0.140. The number of nitrogens with one attached hydrogen (secondary N) is 2. The number of amides is 2. The lowest BCUT2D eigenvalue weighted by Gasteiger charge is -2.41. The Morgan fingerprint density at radius 2 is 1.92 bits per heavy atom. The highest BCUT2D eigenvalue weighted by atomic mass is 19.1. The molecule has 10 nitrogen and oxygen atoms in total. The zero-order valence-electron chi connectivity index (χ0n) is 22.0. The van der Waals surface area contributed by atoms with Gasteiger partial charge in [0.25, 0.3) is 11.8 Å². The number of fused-ring (bicyclic) bond motifs is 3. The van der Waals surface area contributed by atoms with Crippen LogP contribution in [-0.2, 0) is 30.5 Å². The average Bonchev–Trinajstić information content (AvgIpc) is 3.17. The Morgan fingerprint density at radius 3 is 2.54 bits per heavy atom. The number of aliphatic imine (C=N–C) groups is 1. The van der Waals surface area contributed by atoms with Gasteiger partial charge >= 0.3 is 0 Å². The number of ether oxygens (including phenoxy) is 1. The Kier molecular flexibility index (Phi) is 11.1. The van der Waals surface area contributed by atoms with Crippen LogP contribution in [0.4, 0.5) is 4.39 Å². The maximum absolute atomic E-state index is 13.5. The van der Waals surface area contributed by atoms with Crippen LogP contribution in [0, 0.1) is 12.7 Å². The van der Waals surface area contributed by atoms with E-state index >= 15 is 0 Å². The van der Waals surface area contributed by atoms with Crippen molar-refractivity contribution < 1.29 is 28.3 Å². The SMILES string of the molecule is CN(C)C.Cc1cc(CNC(=O)/C(=C/C=O)NC2=NCC3CCC2(N(C)C(=O)C=O)CCO3)ccc1F. The van der Waals surface area contributed by atoms with Crippen molar-refractivity contribution in [3.63, 3.8) is 0 Å². The fourth-order valence-corrected chi connectivity index (χ4v) is 4.13. The molecule has 2 N–H and O–H groups in total. The lowest BCUT2D eigenvalue weighted by Crippen LogP contribution is -2.60. The highest BCUT2D eigenvalue weighted by Gasteiger charge is 2.46. The van der Waals surface area contributed by atoms with Gasteiger partial charge in [-0.25, -0.2) is 4.39 Å². The second-order valence-electron chi connectivity index (χ2n) is 9.47. The maximum atomic E-state index is 13.5. The summed E-state index contributed by atoms with van der Waals surface area (Å²) in [6.07, 6.45) is 3.11. The van der Waals surface area contributed by atoms with E-state index < -0.39 is 17.4 Å². The first-order valence-electron chi connectivity index (χ1n) is 12.0. The van der Waals surface area contributed by atoms with Gasteiger partial charge in [0, 0.05) is 32.7 Å². The number of rotatable bonds is 7. The second kappa shape index (κ2) is 13.8. The van der Waals surface area contributed by atoms with Gasteiger partial charge in [0.1, 0.15) is 29.2 Å². The van der Waals surface area contributed by atoms with Crippen molar-refractivity contribution in [2.45, 2.75) is 44.4 Å². The summed E-state index contributed by atoms with van der Waals surface area (Å²) in [6.45, 7) is 2.42. The molecule has 2 unspecified atom stereocenters. The number of halogens is 1. The molecule has 2 aliphatic heterocycles. The molecule has 2 aliphatic rings. The molecule has 2 heterocycles. The molecule has 1 aromatic rings. The van der Waals surface area contributed by atoms with E-state index in [1.54, 1.807) is 19.1 Å². The predicted molar refractivity (Wildman–Crippen MR) is 137 cm³/mol. The highest BCUT2D eigenvalue weighted by molar-refractivity contribution is 6.24. The third kappa shape index (κ3) is 8.02. The molecule has 0 aliphatic carbocycles. The Bertz CT molecular complexity index is 1060. The molecule has 3 rings (SSSR count). The summed E-state index contributed by atoms with van der Waals surface area (Å²) >= 11 is 0. The molecule has 1 fully saturated rings. The quantitative estimate of drug-likeness (QED) is 0.314. The third-order valence-corrected chi connectivity index (χ3v) is 6.12. The van der Waals surface area contributed by atoms with Crippen LogP contribution in [-0.4, -0.2) is 93.0 Å². The molecule has 2 amide bonds. The summed E-state index contributed by atoms with van der Waals surface area (Å²) in [7, 11) is 7.51. The van der Waals surface area contributed by atoms with Gasteiger partial charge in [-0.1, -0.05) is 12.1 Å². The number of aryl methyl sites for hydroxylation is 1. The number of benzene rings is 1. The van der Waals surface area contributed by atoms with E-state index in [2.05, 4.69) is 15.6 Å². The van der Waals surface area contributed by atoms with Gasteiger partial charge in [-0.05, 0) is 58.1 Å². The van der Waals surface area contributed by atoms with Crippen LogP contribution in [0.5, 0.6) is 0 Å². The van der Waals surface area contributed by atoms with Crippen molar-refractivity contribution in [3.8, 4) is 0 Å². The molecule has 1 saturated heterocycles. The molecule has 0 aromatic heterocycles. The molecule has 0 spiro atoms. The van der Waals surface area contributed by atoms with E-state index in [0.717, 1.165) is 6.08 Å². The summed E-state index contributed by atoms with van der Waals surface area (Å²) in [6, 6.07) is 4.51. The van der Waals surface area contributed by atoms with Gasteiger partial charge in [0.2, 0.25) is 6.29 Å². The topological polar surface area (TPSA) is 120 Å². The molecule has 0 radical (unpaired) electrons. The summed E-state index contributed by atoms with van der Waals surface area (Å²) in [5, 5.41) is 5.65. The standard InChI is InChI=1S/C23H27FN4O5.C3H9N/c1-15-11-16(3-4-18(15)24)12-25-21(32)19(6-9-29)27-22-23(28(2)20(31)14-30)7-5-17(13-26-22)33-10-8-23;1-4(2)3/h3-4,6,9,11,14,17H,5,7-8,10,12-13H2,1-2H3,(H,25,32)(H,26,27);1-3H3/b19-6-;. The van der Waals surface area contributed by atoms with Crippen molar-refractivity contribution in [2.24, 2.45) is 4.99 Å². The van der Waals surface area contributed by atoms with Crippen LogP contribution < -0.4 is 10.6 Å². The Morgan fingerprint density at radius 1 is 1.22 bits per heavy atom. The largest absolute Gasteiger partial charge is 0.376 e. The monoisotopic (exact) mass is 517 g/mol. The van der Waals surface area contributed by atoms with Crippen molar-refractivity contribution in [1.82, 2.24) is 20.4 Å². The van der Waals surface area contributed by atoms with E-state index in [9.17, 15) is 23.6 Å². The second-order valence-corrected chi connectivity index (χ2v) is 9.47. The maximum Gasteiger partial charge on any atom is 0.287 e. The molecule has 202 valence electrons. The fourth-order valence-electron chi connectivity index (χ4n) is 4.13. The zero-order chi connectivity index (χ0) is 27.6. The summed E-state index contributed by atoms with van der Waals surface area (Å²) in [5.74, 6) is -1.30. The molecular weight excluding hydrogens is 481 g/mol. The fraction of sp³-hybridized carbons (Fsp3) is 0.500. The molecule has 2 atom stereocenters. The minimum Gasteiger partial charge on any atom is -0.376 e.